The van der Waals surface area contributed by atoms with E-state index in [4.69, 9.17) is 9.83 Å². The van der Waals surface area contributed by atoms with Crippen LogP contribution >= 0.6 is 0 Å². The molecule has 50 valence electrons. The van der Waals surface area contributed by atoms with Crippen LogP contribution in [0.5, 0.6) is 0 Å². The molecule has 0 bridgehead atoms. The van der Waals surface area contributed by atoms with Gasteiger partial charge in [-0.1, -0.05) is 0 Å². The summed E-state index contributed by atoms with van der Waals surface area (Å²) in [5.41, 5.74) is 0.617. The van der Waals surface area contributed by atoms with E-state index in [-0.39, 0.29) is 5.68 Å². The summed E-state index contributed by atoms with van der Waals surface area (Å²) in [5, 5.41) is 7.90. The largest absolute Gasteiger partial charge is 0.432 e. The number of hydrogen-bond acceptors (Lipinski definition) is 3. The minimum absolute atomic E-state index is 0.0741. The number of H-pyrrole nitrogens is 1. The minimum atomic E-state index is -0.0741. The molecule has 2 aromatic rings. The van der Waals surface area contributed by atoms with Crippen molar-refractivity contribution in [3.05, 3.63) is 24.2 Å². The van der Waals surface area contributed by atoms with Gasteiger partial charge in [0.15, 0.2) is 0 Å². The second-order valence-electron chi connectivity index (χ2n) is 1.93. The highest BCUT2D eigenvalue weighted by molar-refractivity contribution is 5.72. The van der Waals surface area contributed by atoms with Crippen molar-refractivity contribution in [3.63, 3.8) is 0 Å². The lowest BCUT2D eigenvalue weighted by atomic mass is 10.4. The first-order chi connectivity index (χ1) is 4.86. The smallest absolute Gasteiger partial charge is 0.315 e. The summed E-state index contributed by atoms with van der Waals surface area (Å²) >= 11 is 0. The summed E-state index contributed by atoms with van der Waals surface area (Å²) in [6, 6.07) is 1.84. The molecule has 2 N–H and O–H groups in total. The summed E-state index contributed by atoms with van der Waals surface area (Å²) in [6.07, 6.45) is 3.26. The lowest BCUT2D eigenvalue weighted by Crippen LogP contribution is -2.01. The highest BCUT2D eigenvalue weighted by Crippen LogP contribution is 2.03. The van der Waals surface area contributed by atoms with Crippen molar-refractivity contribution in [2.45, 2.75) is 0 Å². The molecule has 2 heterocycles. The molecule has 2 aromatic heterocycles. The van der Waals surface area contributed by atoms with E-state index in [1.54, 1.807) is 6.20 Å². The third-order valence-corrected chi connectivity index (χ3v) is 1.27. The molecule has 0 aromatic carbocycles. The number of aromatic nitrogens is 2. The summed E-state index contributed by atoms with van der Waals surface area (Å²) in [7, 11) is 0. The molecule has 0 fully saturated rings. The first kappa shape index (κ1) is 5.22. The lowest BCUT2D eigenvalue weighted by molar-refractivity contribution is 0.466. The maximum atomic E-state index is 7.02. The molecule has 10 heavy (non-hydrogen) atoms. The lowest BCUT2D eigenvalue weighted by Gasteiger charge is -1.83. The molecule has 0 saturated carbocycles. The van der Waals surface area contributed by atoms with Crippen LogP contribution in [-0.2, 0) is 0 Å². The van der Waals surface area contributed by atoms with Crippen LogP contribution in [0, 0.1) is 5.41 Å². The maximum Gasteiger partial charge on any atom is 0.315 e. The number of aromatic amines is 1. The molecule has 0 aliphatic rings. The molecule has 0 radical (unpaired) electrons. The Kier molecular flexibility index (Phi) is 0.887. The van der Waals surface area contributed by atoms with Gasteiger partial charge < -0.3 is 9.40 Å². The van der Waals surface area contributed by atoms with Crippen LogP contribution in [0.15, 0.2) is 22.9 Å². The Hall–Kier alpha value is -1.58. The van der Waals surface area contributed by atoms with Crippen LogP contribution in [-0.4, -0.2) is 9.97 Å². The van der Waals surface area contributed by atoms with Crippen LogP contribution in [0.3, 0.4) is 0 Å². The topological polar surface area (TPSA) is 65.7 Å². The monoisotopic (exact) mass is 135 g/mol. The SMILES string of the molecule is N=c1nc2[nH]ccc2co1. The van der Waals surface area contributed by atoms with Gasteiger partial charge in [0.25, 0.3) is 0 Å². The van der Waals surface area contributed by atoms with Gasteiger partial charge in [-0.2, -0.15) is 4.98 Å². The molecule has 0 spiro atoms. The van der Waals surface area contributed by atoms with Gasteiger partial charge in [0, 0.05) is 6.20 Å². The third-order valence-electron chi connectivity index (χ3n) is 1.27. The molecule has 0 unspecified atom stereocenters. The molecular weight excluding hydrogens is 130 g/mol. The fourth-order valence-electron chi connectivity index (χ4n) is 0.812. The predicted octanol–water partition coefficient (Wildman–Crippen LogP) is 0.635. The van der Waals surface area contributed by atoms with Gasteiger partial charge in [0.05, 0.1) is 5.39 Å². The van der Waals surface area contributed by atoms with Crippen molar-refractivity contribution in [3.8, 4) is 0 Å². The predicted molar refractivity (Wildman–Crippen MR) is 34.2 cm³/mol. The molecular formula is C6H5N3O. The van der Waals surface area contributed by atoms with Gasteiger partial charge in [0.2, 0.25) is 0 Å². The van der Waals surface area contributed by atoms with Crippen LogP contribution in [0.1, 0.15) is 0 Å². The van der Waals surface area contributed by atoms with Crippen LogP contribution in [0.25, 0.3) is 11.0 Å². The summed E-state index contributed by atoms with van der Waals surface area (Å²) in [5.74, 6) is 0. The normalized spacial score (nSPS) is 10.4. The molecule has 4 nitrogen and oxygen atoms in total. The second-order valence-corrected chi connectivity index (χ2v) is 1.93. The number of nitrogens with one attached hydrogen (secondary N) is 2. The van der Waals surface area contributed by atoms with Crippen LogP contribution < -0.4 is 5.68 Å². The Bertz CT molecular complexity index is 400. The molecule has 0 atom stereocenters. The fraction of sp³-hybridized carbons (Fsp3) is 0. The number of rotatable bonds is 0. The average Bonchev–Trinajstić information content (AvgIpc) is 2.33. The zero-order valence-corrected chi connectivity index (χ0v) is 5.09. The molecule has 4 heteroatoms. The Balaban J connectivity index is 2.99. The molecule has 0 aliphatic heterocycles. The quantitative estimate of drug-likeness (QED) is 0.556. The van der Waals surface area contributed by atoms with Gasteiger partial charge >= 0.3 is 5.68 Å². The van der Waals surface area contributed by atoms with E-state index in [0.717, 1.165) is 5.39 Å². The highest BCUT2D eigenvalue weighted by Gasteiger charge is 1.93. The molecule has 0 aliphatic carbocycles. The average molecular weight is 135 g/mol. The Morgan fingerprint density at radius 3 is 3.40 bits per heavy atom. The van der Waals surface area contributed by atoms with Crippen molar-refractivity contribution in [1.29, 1.82) is 5.41 Å². The number of fused-ring (bicyclic) bond motifs is 1. The van der Waals surface area contributed by atoms with E-state index in [1.165, 1.54) is 6.26 Å². The molecule has 0 saturated heterocycles. The fourth-order valence-corrected chi connectivity index (χ4v) is 0.812. The second kappa shape index (κ2) is 1.70. The van der Waals surface area contributed by atoms with Crippen molar-refractivity contribution < 1.29 is 4.42 Å². The first-order valence-corrected chi connectivity index (χ1v) is 2.84. The Morgan fingerprint density at radius 2 is 2.50 bits per heavy atom. The van der Waals surface area contributed by atoms with E-state index < -0.39 is 0 Å². The van der Waals surface area contributed by atoms with Gasteiger partial charge in [-0.25, -0.2) is 5.41 Å². The highest BCUT2D eigenvalue weighted by atomic mass is 16.3. The zero-order valence-electron chi connectivity index (χ0n) is 5.09. The van der Waals surface area contributed by atoms with Crippen molar-refractivity contribution in [1.82, 2.24) is 9.97 Å². The maximum absolute atomic E-state index is 7.02. The Morgan fingerprint density at radius 1 is 1.60 bits per heavy atom. The summed E-state index contributed by atoms with van der Waals surface area (Å²) in [6.45, 7) is 0. The van der Waals surface area contributed by atoms with Crippen LogP contribution in [0.2, 0.25) is 0 Å². The van der Waals surface area contributed by atoms with E-state index in [0.29, 0.717) is 5.65 Å². The Labute approximate surface area is 56.0 Å². The molecule has 0 amide bonds. The molecule has 2 rings (SSSR count). The van der Waals surface area contributed by atoms with Crippen molar-refractivity contribution >= 4 is 11.0 Å². The van der Waals surface area contributed by atoms with Gasteiger partial charge in [-0.05, 0) is 6.07 Å². The van der Waals surface area contributed by atoms with E-state index in [9.17, 15) is 0 Å². The van der Waals surface area contributed by atoms with Crippen LogP contribution in [0.4, 0.5) is 0 Å². The van der Waals surface area contributed by atoms with E-state index in [1.807, 2.05) is 6.07 Å². The standard InChI is InChI=1S/C6H5N3O/c7-6-9-5-4(3-10-6)1-2-8-5/h1-3H,(H2,7,8,9). The van der Waals surface area contributed by atoms with Crippen molar-refractivity contribution in [2.75, 3.05) is 0 Å². The number of hydrogen-bond donors (Lipinski definition) is 2. The first-order valence-electron chi connectivity index (χ1n) is 2.84. The van der Waals surface area contributed by atoms with Crippen molar-refractivity contribution in [2.24, 2.45) is 0 Å². The van der Waals surface area contributed by atoms with Gasteiger partial charge in [0.1, 0.15) is 11.9 Å². The van der Waals surface area contributed by atoms with Gasteiger partial charge in [-0.15, -0.1) is 0 Å². The zero-order chi connectivity index (χ0) is 6.97. The van der Waals surface area contributed by atoms with E-state index in [2.05, 4.69) is 9.97 Å². The summed E-state index contributed by atoms with van der Waals surface area (Å²) in [4.78, 5) is 6.65. The van der Waals surface area contributed by atoms with Gasteiger partial charge in [-0.3, -0.25) is 0 Å². The number of nitrogens with zero attached hydrogens (tertiary/aromatic N) is 1. The summed E-state index contributed by atoms with van der Waals surface area (Å²) < 4.78 is 4.73. The van der Waals surface area contributed by atoms with E-state index >= 15 is 0 Å². The minimum Gasteiger partial charge on any atom is -0.432 e. The third kappa shape index (κ3) is 0.621.